The lowest BCUT2D eigenvalue weighted by atomic mass is 10.1. The molecule has 0 saturated heterocycles. The molecule has 0 N–H and O–H groups in total. The summed E-state index contributed by atoms with van der Waals surface area (Å²) >= 11 is 0. The molecule has 4 nitrogen and oxygen atoms in total. The summed E-state index contributed by atoms with van der Waals surface area (Å²) in [6.07, 6.45) is 0.227. The third-order valence-electron chi connectivity index (χ3n) is 3.94. The van der Waals surface area contributed by atoms with Crippen molar-refractivity contribution in [1.29, 1.82) is 0 Å². The Hall–Kier alpha value is -3.14. The number of methoxy groups -OCH3 is 1. The van der Waals surface area contributed by atoms with E-state index in [1.165, 1.54) is 7.11 Å². The molecule has 0 bridgehead atoms. The minimum Gasteiger partial charge on any atom is -0.465 e. The average molecular weight is 334 g/mol. The van der Waals surface area contributed by atoms with E-state index in [0.717, 1.165) is 21.9 Å². The van der Waals surface area contributed by atoms with Crippen LogP contribution in [0.2, 0.25) is 0 Å². The lowest BCUT2D eigenvalue weighted by Gasteiger charge is -2.07. The summed E-state index contributed by atoms with van der Waals surface area (Å²) in [6.45, 7) is 0.174. The topological polar surface area (TPSA) is 52.6 Å². The van der Waals surface area contributed by atoms with Gasteiger partial charge in [0, 0.05) is 0 Å². The largest absolute Gasteiger partial charge is 0.465 e. The van der Waals surface area contributed by atoms with Crippen molar-refractivity contribution in [2.45, 2.75) is 13.0 Å². The van der Waals surface area contributed by atoms with Crippen molar-refractivity contribution in [3.05, 3.63) is 83.4 Å². The van der Waals surface area contributed by atoms with E-state index in [1.807, 2.05) is 42.5 Å². The number of fused-ring (bicyclic) bond motifs is 1. The van der Waals surface area contributed by atoms with Crippen LogP contribution >= 0.6 is 0 Å². The quantitative estimate of drug-likeness (QED) is 0.664. The van der Waals surface area contributed by atoms with Crippen molar-refractivity contribution in [3.63, 3.8) is 0 Å². The van der Waals surface area contributed by atoms with E-state index in [1.54, 1.807) is 24.3 Å². The number of rotatable bonds is 5. The first-order valence-electron chi connectivity index (χ1n) is 7.96. The van der Waals surface area contributed by atoms with E-state index in [9.17, 15) is 9.59 Å². The zero-order chi connectivity index (χ0) is 17.6. The maximum atomic E-state index is 12.0. The van der Waals surface area contributed by atoms with Crippen LogP contribution in [0.25, 0.3) is 10.8 Å². The molecule has 3 rings (SSSR count). The second-order valence-electron chi connectivity index (χ2n) is 5.71. The number of ether oxygens (including phenoxy) is 2. The minimum absolute atomic E-state index is 0.174. The van der Waals surface area contributed by atoms with Gasteiger partial charge in [0.25, 0.3) is 0 Å². The first-order chi connectivity index (χ1) is 12.2. The minimum atomic E-state index is -0.389. The van der Waals surface area contributed by atoms with Gasteiger partial charge in [-0.25, -0.2) is 4.79 Å². The SMILES string of the molecule is COC(=O)c1ccc(COC(=O)Cc2ccc3ccccc3c2)cc1. The molecule has 3 aromatic rings. The lowest BCUT2D eigenvalue weighted by Crippen LogP contribution is -2.08. The second-order valence-corrected chi connectivity index (χ2v) is 5.71. The molecule has 0 heterocycles. The second kappa shape index (κ2) is 7.62. The third-order valence-corrected chi connectivity index (χ3v) is 3.94. The van der Waals surface area contributed by atoms with E-state index in [2.05, 4.69) is 4.74 Å². The van der Waals surface area contributed by atoms with Crippen molar-refractivity contribution in [1.82, 2.24) is 0 Å². The van der Waals surface area contributed by atoms with Gasteiger partial charge in [0.15, 0.2) is 0 Å². The van der Waals surface area contributed by atoms with Crippen LogP contribution in [0.1, 0.15) is 21.5 Å². The van der Waals surface area contributed by atoms with Crippen LogP contribution in [-0.4, -0.2) is 19.0 Å². The van der Waals surface area contributed by atoms with Crippen LogP contribution in [0.3, 0.4) is 0 Å². The van der Waals surface area contributed by atoms with Crippen molar-refractivity contribution in [2.24, 2.45) is 0 Å². The molecule has 0 spiro atoms. The highest BCUT2D eigenvalue weighted by Crippen LogP contribution is 2.16. The fourth-order valence-corrected chi connectivity index (χ4v) is 2.59. The Morgan fingerprint density at radius 2 is 1.52 bits per heavy atom. The zero-order valence-corrected chi connectivity index (χ0v) is 13.9. The summed E-state index contributed by atoms with van der Waals surface area (Å²) in [6, 6.07) is 20.8. The number of carbonyl (C=O) groups is 2. The normalized spacial score (nSPS) is 10.4. The number of esters is 2. The molecule has 4 heteroatoms. The highest BCUT2D eigenvalue weighted by Gasteiger charge is 2.08. The van der Waals surface area contributed by atoms with Gasteiger partial charge in [-0.2, -0.15) is 0 Å². The maximum Gasteiger partial charge on any atom is 0.337 e. The third kappa shape index (κ3) is 4.23. The molecule has 25 heavy (non-hydrogen) atoms. The summed E-state index contributed by atoms with van der Waals surface area (Å²) in [4.78, 5) is 23.4. The molecule has 0 radical (unpaired) electrons. The van der Waals surface area contributed by atoms with Crippen LogP contribution in [0.15, 0.2) is 66.7 Å². The molecule has 0 aliphatic heterocycles. The highest BCUT2D eigenvalue weighted by atomic mass is 16.5. The molecular weight excluding hydrogens is 316 g/mol. The Morgan fingerprint density at radius 3 is 2.24 bits per heavy atom. The number of carbonyl (C=O) groups excluding carboxylic acids is 2. The molecule has 0 aromatic heterocycles. The molecule has 0 aliphatic rings. The van der Waals surface area contributed by atoms with Gasteiger partial charge in [-0.05, 0) is 34.0 Å². The number of benzene rings is 3. The van der Waals surface area contributed by atoms with Gasteiger partial charge < -0.3 is 9.47 Å². The average Bonchev–Trinajstić information content (AvgIpc) is 2.66. The number of hydrogen-bond donors (Lipinski definition) is 0. The lowest BCUT2D eigenvalue weighted by molar-refractivity contribution is -0.144. The molecule has 0 amide bonds. The Kier molecular flexibility index (Phi) is 5.09. The first-order valence-corrected chi connectivity index (χ1v) is 7.96. The van der Waals surface area contributed by atoms with Crippen LogP contribution in [0.4, 0.5) is 0 Å². The van der Waals surface area contributed by atoms with E-state index in [0.29, 0.717) is 5.56 Å². The smallest absolute Gasteiger partial charge is 0.337 e. The Morgan fingerprint density at radius 1 is 0.840 bits per heavy atom. The monoisotopic (exact) mass is 334 g/mol. The molecule has 0 fully saturated rings. The van der Waals surface area contributed by atoms with E-state index >= 15 is 0 Å². The predicted octanol–water partition coefficient (Wildman–Crippen LogP) is 3.91. The highest BCUT2D eigenvalue weighted by molar-refractivity contribution is 5.89. The summed E-state index contributed by atoms with van der Waals surface area (Å²) < 4.78 is 9.96. The van der Waals surface area contributed by atoms with E-state index in [-0.39, 0.29) is 25.0 Å². The van der Waals surface area contributed by atoms with Crippen molar-refractivity contribution >= 4 is 22.7 Å². The molecule has 3 aromatic carbocycles. The summed E-state index contributed by atoms with van der Waals surface area (Å²) in [5, 5.41) is 2.25. The fourth-order valence-electron chi connectivity index (χ4n) is 2.59. The maximum absolute atomic E-state index is 12.0. The summed E-state index contributed by atoms with van der Waals surface area (Å²) in [5.41, 5.74) is 2.21. The van der Waals surface area contributed by atoms with E-state index in [4.69, 9.17) is 4.74 Å². The van der Waals surface area contributed by atoms with Gasteiger partial charge in [-0.15, -0.1) is 0 Å². The van der Waals surface area contributed by atoms with Gasteiger partial charge in [0.1, 0.15) is 6.61 Å². The zero-order valence-electron chi connectivity index (χ0n) is 13.9. The van der Waals surface area contributed by atoms with Gasteiger partial charge >= 0.3 is 11.9 Å². The van der Waals surface area contributed by atoms with Crippen LogP contribution in [0, 0.1) is 0 Å². The van der Waals surface area contributed by atoms with Crippen molar-refractivity contribution in [3.8, 4) is 0 Å². The van der Waals surface area contributed by atoms with Gasteiger partial charge in [-0.1, -0.05) is 54.6 Å². The van der Waals surface area contributed by atoms with Crippen LogP contribution in [-0.2, 0) is 27.3 Å². The van der Waals surface area contributed by atoms with Crippen molar-refractivity contribution < 1.29 is 19.1 Å². The van der Waals surface area contributed by atoms with Crippen LogP contribution in [0.5, 0.6) is 0 Å². The number of hydrogen-bond acceptors (Lipinski definition) is 4. The summed E-state index contributed by atoms with van der Waals surface area (Å²) in [5.74, 6) is -0.674. The standard InChI is InChI=1S/C21H18O4/c1-24-21(23)18-10-6-15(7-11-18)14-25-20(22)13-16-8-9-17-4-2-3-5-19(17)12-16/h2-12H,13-14H2,1H3. The van der Waals surface area contributed by atoms with Gasteiger partial charge in [0.2, 0.25) is 0 Å². The van der Waals surface area contributed by atoms with E-state index < -0.39 is 0 Å². The molecule has 126 valence electrons. The van der Waals surface area contributed by atoms with Gasteiger partial charge in [-0.3, -0.25) is 4.79 Å². The van der Waals surface area contributed by atoms with Crippen molar-refractivity contribution in [2.75, 3.05) is 7.11 Å². The van der Waals surface area contributed by atoms with Gasteiger partial charge in [0.05, 0.1) is 19.1 Å². The fraction of sp³-hybridized carbons (Fsp3) is 0.143. The Balaban J connectivity index is 1.57. The van der Waals surface area contributed by atoms with Crippen LogP contribution < -0.4 is 0 Å². The predicted molar refractivity (Wildman–Crippen MR) is 95.2 cm³/mol. The molecule has 0 atom stereocenters. The molecule has 0 unspecified atom stereocenters. The summed E-state index contributed by atoms with van der Waals surface area (Å²) in [7, 11) is 1.34. The molecule has 0 aliphatic carbocycles. The molecular formula is C21H18O4. The first kappa shape index (κ1) is 16.7. The Bertz CT molecular complexity index is 897. The Labute approximate surface area is 146 Å². The molecule has 0 saturated carbocycles.